The number of carbonyl (C=O) groups excluding carboxylic acids is 4. The van der Waals surface area contributed by atoms with Crippen LogP contribution in [0.5, 0.6) is 0 Å². The summed E-state index contributed by atoms with van der Waals surface area (Å²) >= 11 is 3.48. The van der Waals surface area contributed by atoms with Crippen molar-refractivity contribution in [1.82, 2.24) is 41.7 Å². The first-order chi connectivity index (χ1) is 33.0. The first-order valence-corrected chi connectivity index (χ1v) is 26.6. The summed E-state index contributed by atoms with van der Waals surface area (Å²) in [7, 11) is 3.72. The quantitative estimate of drug-likeness (QED) is 0.0769. The standard InChI is InChI=1S/C52H78N8O7S2/c1-33(53-9)35(3)55-39-21-27-68-43-29-51(5,6)45(59(43)49(39)63)47(61)57-41(37-17-13-11-14-18-37)31-66-25-23-65-24-26-67-32-42(38-19-15-12-16-20-38)58-48(62)46-52(7,8)30-44-60(46)50(64)40(22-28-69-44)56-36(4)34(2)54-10/h11-20,33-34,39-46,53-56H,3-4,21-32H2,1-2,5-10H3,(H,57,61)(H,58,62)/t33-,34-,39-,40-,41+,42+,43-,44-,45+,46+/m0/s1. The van der Waals surface area contributed by atoms with Gasteiger partial charge in [-0.3, -0.25) is 19.2 Å². The molecule has 2 aromatic rings. The van der Waals surface area contributed by atoms with Crippen LogP contribution in [0.3, 0.4) is 0 Å². The van der Waals surface area contributed by atoms with Crippen LogP contribution >= 0.6 is 23.5 Å². The van der Waals surface area contributed by atoms with Crippen LogP contribution in [-0.4, -0.2) is 146 Å². The Labute approximate surface area is 419 Å². The maximum Gasteiger partial charge on any atom is 0.246 e. The third-order valence-corrected chi connectivity index (χ3v) is 16.6. The molecular weight excluding hydrogens is 913 g/mol. The highest BCUT2D eigenvalue weighted by molar-refractivity contribution is 8.00. The number of hydrogen-bond donors (Lipinski definition) is 6. The molecule has 4 aliphatic rings. The molecule has 4 aliphatic heterocycles. The highest BCUT2D eigenvalue weighted by Crippen LogP contribution is 2.48. The van der Waals surface area contributed by atoms with Gasteiger partial charge in [0.05, 0.1) is 62.5 Å². The van der Waals surface area contributed by atoms with E-state index in [1.54, 1.807) is 23.5 Å². The second kappa shape index (κ2) is 24.8. The van der Waals surface area contributed by atoms with E-state index in [9.17, 15) is 19.2 Å². The molecule has 10 atom stereocenters. The molecule has 0 bridgehead atoms. The average Bonchev–Trinajstić information content (AvgIpc) is 3.65. The molecule has 0 unspecified atom stereocenters. The van der Waals surface area contributed by atoms with Gasteiger partial charge in [-0.2, -0.15) is 0 Å². The summed E-state index contributed by atoms with van der Waals surface area (Å²) < 4.78 is 18.2. The Morgan fingerprint density at radius 3 is 1.36 bits per heavy atom. The fourth-order valence-corrected chi connectivity index (χ4v) is 13.0. The molecule has 0 spiro atoms. The number of carbonyl (C=O) groups is 4. The number of nitrogens with one attached hydrogen (secondary N) is 6. The number of rotatable bonds is 24. The van der Waals surface area contributed by atoms with E-state index in [0.29, 0.717) is 38.9 Å². The predicted octanol–water partition coefficient (Wildman–Crippen LogP) is 5.09. The van der Waals surface area contributed by atoms with Crippen molar-refractivity contribution >= 4 is 47.2 Å². The minimum absolute atomic E-state index is 0.0164. The van der Waals surface area contributed by atoms with Gasteiger partial charge in [0.2, 0.25) is 23.6 Å². The van der Waals surface area contributed by atoms with E-state index in [4.69, 9.17) is 14.2 Å². The first kappa shape index (κ1) is 54.2. The van der Waals surface area contributed by atoms with Gasteiger partial charge in [0.1, 0.15) is 24.2 Å². The van der Waals surface area contributed by atoms with E-state index in [2.05, 4.69) is 72.8 Å². The minimum Gasteiger partial charge on any atom is -0.377 e. The van der Waals surface area contributed by atoms with Crippen molar-refractivity contribution in [2.45, 2.75) is 126 Å². The monoisotopic (exact) mass is 991 g/mol. The van der Waals surface area contributed by atoms with Crippen molar-refractivity contribution < 1.29 is 33.4 Å². The van der Waals surface area contributed by atoms with E-state index in [1.165, 1.54) is 0 Å². The van der Waals surface area contributed by atoms with Crippen molar-refractivity contribution in [3.63, 3.8) is 0 Å². The normalized spacial score (nSPS) is 25.8. The molecular formula is C52H78N8O7S2. The predicted molar refractivity (Wildman–Crippen MR) is 276 cm³/mol. The van der Waals surface area contributed by atoms with E-state index in [1.807, 2.05) is 98.4 Å². The summed E-state index contributed by atoms with van der Waals surface area (Å²) in [5.74, 6) is 1.04. The smallest absolute Gasteiger partial charge is 0.246 e. The summed E-state index contributed by atoms with van der Waals surface area (Å²) in [6.45, 7) is 22.2. The van der Waals surface area contributed by atoms with Gasteiger partial charge in [-0.1, -0.05) is 102 Å². The lowest BCUT2D eigenvalue weighted by Crippen LogP contribution is -2.57. The molecule has 4 fully saturated rings. The van der Waals surface area contributed by atoms with Gasteiger partial charge in [0.25, 0.3) is 0 Å². The largest absolute Gasteiger partial charge is 0.377 e. The molecule has 15 nitrogen and oxygen atoms in total. The topological polar surface area (TPSA) is 175 Å². The summed E-state index contributed by atoms with van der Waals surface area (Å²) in [6, 6.07) is 16.3. The van der Waals surface area contributed by atoms with Crippen molar-refractivity contribution in [1.29, 1.82) is 0 Å². The van der Waals surface area contributed by atoms with Crippen LogP contribution in [0, 0.1) is 10.8 Å². The molecule has 0 aromatic heterocycles. The lowest BCUT2D eigenvalue weighted by molar-refractivity contribution is -0.143. The molecule has 6 rings (SSSR count). The molecule has 380 valence electrons. The van der Waals surface area contributed by atoms with Crippen LogP contribution in [0.15, 0.2) is 85.2 Å². The zero-order chi connectivity index (χ0) is 49.9. The van der Waals surface area contributed by atoms with Crippen molar-refractivity contribution in [2.24, 2.45) is 10.8 Å². The van der Waals surface area contributed by atoms with Crippen LogP contribution in [0.25, 0.3) is 0 Å². The van der Waals surface area contributed by atoms with E-state index in [0.717, 1.165) is 34.0 Å². The van der Waals surface area contributed by atoms with Crippen LogP contribution in [0.1, 0.15) is 90.4 Å². The van der Waals surface area contributed by atoms with Crippen molar-refractivity contribution in [3.05, 3.63) is 96.3 Å². The van der Waals surface area contributed by atoms with Gasteiger partial charge < -0.3 is 55.9 Å². The maximum absolute atomic E-state index is 14.4. The van der Waals surface area contributed by atoms with Gasteiger partial charge in [0.15, 0.2) is 0 Å². The Hall–Kier alpha value is -4.10. The Balaban J connectivity index is 1.00. The van der Waals surface area contributed by atoms with Crippen molar-refractivity contribution in [2.75, 3.05) is 65.2 Å². The molecule has 4 heterocycles. The van der Waals surface area contributed by atoms with Crippen LogP contribution < -0.4 is 31.9 Å². The number of fused-ring (bicyclic) bond motifs is 2. The molecule has 0 radical (unpaired) electrons. The lowest BCUT2D eigenvalue weighted by Gasteiger charge is -2.35. The first-order valence-electron chi connectivity index (χ1n) is 24.5. The Kier molecular flexibility index (Phi) is 19.5. The molecule has 0 saturated carbocycles. The Bertz CT molecular complexity index is 1920. The number of ether oxygens (including phenoxy) is 3. The van der Waals surface area contributed by atoms with E-state index >= 15 is 0 Å². The molecule has 4 amide bonds. The van der Waals surface area contributed by atoms with Gasteiger partial charge in [-0.25, -0.2) is 0 Å². The fourth-order valence-electron chi connectivity index (χ4n) is 9.80. The highest BCUT2D eigenvalue weighted by Gasteiger charge is 2.56. The summed E-state index contributed by atoms with van der Waals surface area (Å²) in [5.41, 5.74) is 2.38. The molecule has 4 saturated heterocycles. The Morgan fingerprint density at radius 2 is 1.00 bits per heavy atom. The van der Waals surface area contributed by atoms with Gasteiger partial charge in [0, 0.05) is 23.5 Å². The van der Waals surface area contributed by atoms with Gasteiger partial charge >= 0.3 is 0 Å². The Morgan fingerprint density at radius 1 is 0.638 bits per heavy atom. The van der Waals surface area contributed by atoms with Crippen LogP contribution in [0.2, 0.25) is 0 Å². The zero-order valence-electron chi connectivity index (χ0n) is 42.0. The maximum atomic E-state index is 14.4. The number of nitrogens with zero attached hydrogens (tertiary/aromatic N) is 2. The number of likely N-dealkylation sites (N-methyl/N-ethyl adjacent to an activating group) is 2. The highest BCUT2D eigenvalue weighted by atomic mass is 32.2. The third-order valence-electron chi connectivity index (χ3n) is 14.1. The second-order valence-corrected chi connectivity index (χ2v) is 22.7. The van der Waals surface area contributed by atoms with Crippen LogP contribution in [-0.2, 0) is 33.4 Å². The van der Waals surface area contributed by atoms with Gasteiger partial charge in [-0.05, 0) is 87.1 Å². The summed E-state index contributed by atoms with van der Waals surface area (Å²) in [6.07, 6.45) is 2.72. The van der Waals surface area contributed by atoms with Crippen LogP contribution in [0.4, 0.5) is 0 Å². The molecule has 6 N–H and O–H groups in total. The second-order valence-electron chi connectivity index (χ2n) is 20.1. The summed E-state index contributed by atoms with van der Waals surface area (Å²) in [4.78, 5) is 60.9. The minimum atomic E-state index is -0.664. The zero-order valence-corrected chi connectivity index (χ0v) is 43.6. The number of thioether (sulfide) groups is 2. The van der Waals surface area contributed by atoms with Gasteiger partial charge in [-0.15, -0.1) is 23.5 Å². The number of benzene rings is 2. The average molecular weight is 991 g/mol. The van der Waals surface area contributed by atoms with E-state index < -0.39 is 47.1 Å². The van der Waals surface area contributed by atoms with E-state index in [-0.39, 0.29) is 72.9 Å². The molecule has 17 heteroatoms. The molecule has 0 aliphatic carbocycles. The number of hydrogen-bond acceptors (Lipinski definition) is 13. The lowest BCUT2D eigenvalue weighted by atomic mass is 9.83. The number of amides is 4. The van der Waals surface area contributed by atoms with Crippen molar-refractivity contribution in [3.8, 4) is 0 Å². The fraction of sp³-hybridized carbons (Fsp3) is 0.615. The molecule has 2 aromatic carbocycles. The SMILES string of the molecule is C=C(N[C@H]1CCS[C@H]2CC(C)(C)[C@@H](C(=O)N[C@H](COCCOCCOC[C@@H](NC(=O)[C@H]3N4C(=O)[C@@H](NC(=C)[C@H](C)NC)CCS[C@H]4CC3(C)C)c3ccccc3)c3ccccc3)N2C1=O)[C@H](C)NC. The molecule has 69 heavy (non-hydrogen) atoms. The third kappa shape index (κ3) is 13.7. The summed E-state index contributed by atoms with van der Waals surface area (Å²) in [5, 5.41) is 19.4.